The number of rotatable bonds is 3. The summed E-state index contributed by atoms with van der Waals surface area (Å²) in [6.07, 6.45) is 4.31. The lowest BCUT2D eigenvalue weighted by atomic mass is 9.94. The molecule has 1 aromatic heterocycles. The monoisotopic (exact) mass is 298 g/mol. The molecule has 1 unspecified atom stereocenters. The lowest BCUT2D eigenvalue weighted by Crippen LogP contribution is -2.35. The van der Waals surface area contributed by atoms with Gasteiger partial charge in [-0.3, -0.25) is 0 Å². The molecule has 1 aliphatic rings. The van der Waals surface area contributed by atoms with Crippen LogP contribution in [0, 0.1) is 5.92 Å². The van der Waals surface area contributed by atoms with Gasteiger partial charge in [0.15, 0.2) is 0 Å². The minimum Gasteiger partial charge on any atom is -0.481 e. The number of ether oxygens (including phenoxy) is 1. The Morgan fingerprint density at radius 1 is 1.47 bits per heavy atom. The van der Waals surface area contributed by atoms with E-state index in [1.165, 1.54) is 18.5 Å². The van der Waals surface area contributed by atoms with Gasteiger partial charge in [0.1, 0.15) is 0 Å². The van der Waals surface area contributed by atoms with Crippen LogP contribution in [-0.4, -0.2) is 30.0 Å². The van der Waals surface area contributed by atoms with E-state index in [9.17, 15) is 0 Å². The van der Waals surface area contributed by atoms with Crippen LogP contribution in [0.25, 0.3) is 0 Å². The van der Waals surface area contributed by atoms with Gasteiger partial charge in [-0.1, -0.05) is 22.9 Å². The predicted octanol–water partition coefficient (Wildman–Crippen LogP) is 3.09. The number of hydrogen-bond acceptors (Lipinski definition) is 3. The molecule has 94 valence electrons. The number of nitrogens with zero attached hydrogens (tertiary/aromatic N) is 2. The zero-order chi connectivity index (χ0) is 12.3. The molecule has 1 aromatic rings. The molecule has 1 saturated heterocycles. The molecular formula is C13H19BrN2O. The van der Waals surface area contributed by atoms with E-state index in [4.69, 9.17) is 4.74 Å². The molecule has 0 radical (unpaired) electrons. The minimum absolute atomic E-state index is 0.622. The van der Waals surface area contributed by atoms with Crippen LogP contribution in [0.2, 0.25) is 0 Å². The molecule has 1 atom stereocenters. The molecule has 0 saturated carbocycles. The third kappa shape index (κ3) is 3.12. The molecule has 2 rings (SSSR count). The molecule has 0 spiro atoms. The van der Waals surface area contributed by atoms with Gasteiger partial charge in [0.05, 0.1) is 7.11 Å². The molecule has 0 aromatic carbocycles. The summed E-state index contributed by atoms with van der Waals surface area (Å²) in [7, 11) is 1.66. The number of aromatic nitrogens is 1. The first-order chi connectivity index (χ1) is 8.20. The highest BCUT2D eigenvalue weighted by atomic mass is 79.9. The van der Waals surface area contributed by atoms with E-state index in [0.717, 1.165) is 19.0 Å². The van der Waals surface area contributed by atoms with Crippen molar-refractivity contribution in [2.75, 3.05) is 25.1 Å². The fourth-order valence-corrected chi connectivity index (χ4v) is 2.85. The Bertz CT molecular complexity index is 362. The predicted molar refractivity (Wildman–Crippen MR) is 74.1 cm³/mol. The number of piperidine rings is 1. The van der Waals surface area contributed by atoms with Crippen molar-refractivity contribution in [3.63, 3.8) is 0 Å². The van der Waals surface area contributed by atoms with E-state index < -0.39 is 0 Å². The Morgan fingerprint density at radius 3 is 2.76 bits per heavy atom. The highest BCUT2D eigenvalue weighted by Crippen LogP contribution is 2.28. The normalized spacial score (nSPS) is 19.1. The molecular weight excluding hydrogens is 280 g/mol. The Kier molecular flexibility index (Phi) is 4.26. The summed E-state index contributed by atoms with van der Waals surface area (Å²) < 4.78 is 5.16. The van der Waals surface area contributed by atoms with Gasteiger partial charge in [-0.2, -0.15) is 0 Å². The first kappa shape index (κ1) is 12.7. The number of alkyl halides is 1. The van der Waals surface area contributed by atoms with Crippen molar-refractivity contribution in [2.24, 2.45) is 5.92 Å². The van der Waals surface area contributed by atoms with Gasteiger partial charge in [0, 0.05) is 35.9 Å². The number of hydrogen-bond donors (Lipinski definition) is 0. The zero-order valence-electron chi connectivity index (χ0n) is 10.4. The van der Waals surface area contributed by atoms with Crippen molar-refractivity contribution in [3.05, 3.63) is 18.3 Å². The largest absolute Gasteiger partial charge is 0.481 e. The number of anilines is 1. The summed E-state index contributed by atoms with van der Waals surface area (Å²) in [6, 6.07) is 4.07. The molecule has 4 heteroatoms. The molecule has 2 heterocycles. The van der Waals surface area contributed by atoms with Crippen molar-refractivity contribution >= 4 is 21.6 Å². The van der Waals surface area contributed by atoms with Crippen LogP contribution in [0.3, 0.4) is 0 Å². The van der Waals surface area contributed by atoms with Crippen LogP contribution in [0.15, 0.2) is 18.3 Å². The van der Waals surface area contributed by atoms with Crippen LogP contribution >= 0.6 is 15.9 Å². The van der Waals surface area contributed by atoms with Crippen molar-refractivity contribution in [1.82, 2.24) is 4.98 Å². The summed E-state index contributed by atoms with van der Waals surface area (Å²) in [6.45, 7) is 4.48. The van der Waals surface area contributed by atoms with E-state index in [2.05, 4.69) is 38.8 Å². The van der Waals surface area contributed by atoms with Crippen molar-refractivity contribution < 1.29 is 4.74 Å². The molecule has 1 fully saturated rings. The van der Waals surface area contributed by atoms with Crippen molar-refractivity contribution in [3.8, 4) is 5.88 Å². The number of halogens is 1. The number of pyridine rings is 1. The SMILES string of the molecule is COc1cc(N2CCC(C(C)Br)CC2)ccn1. The van der Waals surface area contributed by atoms with E-state index >= 15 is 0 Å². The highest BCUT2D eigenvalue weighted by Gasteiger charge is 2.22. The summed E-state index contributed by atoms with van der Waals surface area (Å²) in [5.74, 6) is 1.49. The lowest BCUT2D eigenvalue weighted by molar-refractivity contribution is 0.394. The summed E-state index contributed by atoms with van der Waals surface area (Å²) in [5.41, 5.74) is 1.22. The van der Waals surface area contributed by atoms with E-state index in [0.29, 0.717) is 10.7 Å². The third-order valence-corrected chi connectivity index (χ3v) is 4.23. The van der Waals surface area contributed by atoms with Crippen LogP contribution in [0.5, 0.6) is 5.88 Å². The van der Waals surface area contributed by atoms with Gasteiger partial charge in [-0.05, 0) is 24.8 Å². The maximum absolute atomic E-state index is 5.16. The van der Waals surface area contributed by atoms with Gasteiger partial charge < -0.3 is 9.64 Å². The number of methoxy groups -OCH3 is 1. The maximum atomic E-state index is 5.16. The molecule has 0 N–H and O–H groups in total. The molecule has 17 heavy (non-hydrogen) atoms. The van der Waals surface area contributed by atoms with Gasteiger partial charge in [0.25, 0.3) is 0 Å². The fraction of sp³-hybridized carbons (Fsp3) is 0.615. The van der Waals surface area contributed by atoms with Crippen LogP contribution < -0.4 is 9.64 Å². The fourth-order valence-electron chi connectivity index (χ4n) is 2.32. The summed E-state index contributed by atoms with van der Waals surface area (Å²) >= 11 is 3.69. The van der Waals surface area contributed by atoms with Gasteiger partial charge in [-0.25, -0.2) is 4.98 Å². The van der Waals surface area contributed by atoms with Gasteiger partial charge in [-0.15, -0.1) is 0 Å². The smallest absolute Gasteiger partial charge is 0.214 e. The van der Waals surface area contributed by atoms with E-state index in [1.807, 2.05) is 12.3 Å². The van der Waals surface area contributed by atoms with Crippen LogP contribution in [-0.2, 0) is 0 Å². The van der Waals surface area contributed by atoms with Gasteiger partial charge >= 0.3 is 0 Å². The molecule has 0 amide bonds. The molecule has 3 nitrogen and oxygen atoms in total. The lowest BCUT2D eigenvalue weighted by Gasteiger charge is -2.34. The standard InChI is InChI=1S/C13H19BrN2O/c1-10(14)11-4-7-16(8-5-11)12-3-6-15-13(9-12)17-2/h3,6,9-11H,4-5,7-8H2,1-2H3. The van der Waals surface area contributed by atoms with Crippen molar-refractivity contribution in [2.45, 2.75) is 24.6 Å². The second kappa shape index (κ2) is 5.71. The van der Waals surface area contributed by atoms with Gasteiger partial charge in [0.2, 0.25) is 5.88 Å². The first-order valence-corrected chi connectivity index (χ1v) is 7.01. The summed E-state index contributed by atoms with van der Waals surface area (Å²) in [5, 5.41) is 0. The Labute approximate surface area is 111 Å². The minimum atomic E-state index is 0.622. The van der Waals surface area contributed by atoms with Crippen LogP contribution in [0.4, 0.5) is 5.69 Å². The Hall–Kier alpha value is -0.770. The highest BCUT2D eigenvalue weighted by molar-refractivity contribution is 9.09. The third-order valence-electron chi connectivity index (χ3n) is 3.48. The average Bonchev–Trinajstić information content (AvgIpc) is 2.39. The van der Waals surface area contributed by atoms with E-state index in [-0.39, 0.29) is 0 Å². The molecule has 1 aliphatic heterocycles. The Morgan fingerprint density at radius 2 is 2.18 bits per heavy atom. The maximum Gasteiger partial charge on any atom is 0.214 e. The van der Waals surface area contributed by atoms with Crippen molar-refractivity contribution in [1.29, 1.82) is 0 Å². The average molecular weight is 299 g/mol. The Balaban J connectivity index is 2.00. The second-order valence-corrected chi connectivity index (χ2v) is 6.00. The summed E-state index contributed by atoms with van der Waals surface area (Å²) in [4.78, 5) is 7.17. The quantitative estimate of drug-likeness (QED) is 0.802. The molecule has 0 aliphatic carbocycles. The zero-order valence-corrected chi connectivity index (χ0v) is 12.0. The van der Waals surface area contributed by atoms with Crippen LogP contribution in [0.1, 0.15) is 19.8 Å². The first-order valence-electron chi connectivity index (χ1n) is 6.09. The topological polar surface area (TPSA) is 25.4 Å². The second-order valence-electron chi connectivity index (χ2n) is 4.56. The van der Waals surface area contributed by atoms with E-state index in [1.54, 1.807) is 7.11 Å². The molecule has 0 bridgehead atoms.